The van der Waals surface area contributed by atoms with Gasteiger partial charge in [-0.05, 0) is 24.6 Å². The van der Waals surface area contributed by atoms with E-state index in [0.717, 1.165) is 16.9 Å². The molecule has 7 heteroatoms. The van der Waals surface area contributed by atoms with Gasteiger partial charge >= 0.3 is 0 Å². The van der Waals surface area contributed by atoms with Crippen molar-refractivity contribution in [2.24, 2.45) is 7.05 Å². The highest BCUT2D eigenvalue weighted by Crippen LogP contribution is 2.20. The van der Waals surface area contributed by atoms with Crippen LogP contribution in [0.1, 0.15) is 28.5 Å². The molecule has 0 bridgehead atoms. The molecule has 0 fully saturated rings. The first-order valence-corrected chi connectivity index (χ1v) is 8.43. The standard InChI is InChI=1S/C18H20ClN5O/c1-4-17-16(10-21-24(17)15-7-5-6-14(19)8-15)18(25)22(2)11-13-9-20-23(3)12-13/h5-10,12H,4,11H2,1-3H3. The van der Waals surface area contributed by atoms with Gasteiger partial charge in [0.25, 0.3) is 5.91 Å². The third kappa shape index (κ3) is 3.58. The maximum atomic E-state index is 12.9. The Morgan fingerprint density at radius 2 is 2.08 bits per heavy atom. The van der Waals surface area contributed by atoms with Crippen LogP contribution in [-0.2, 0) is 20.0 Å². The Kier molecular flexibility index (Phi) is 4.90. The lowest BCUT2D eigenvalue weighted by molar-refractivity contribution is 0.0784. The predicted octanol–water partition coefficient (Wildman–Crippen LogP) is 3.09. The molecule has 25 heavy (non-hydrogen) atoms. The zero-order valence-electron chi connectivity index (χ0n) is 14.5. The van der Waals surface area contributed by atoms with E-state index in [4.69, 9.17) is 11.6 Å². The molecule has 0 unspecified atom stereocenters. The summed E-state index contributed by atoms with van der Waals surface area (Å²) < 4.78 is 3.50. The monoisotopic (exact) mass is 357 g/mol. The van der Waals surface area contributed by atoms with Crippen molar-refractivity contribution in [3.63, 3.8) is 0 Å². The molecular formula is C18H20ClN5O. The van der Waals surface area contributed by atoms with Crippen molar-refractivity contribution >= 4 is 17.5 Å². The van der Waals surface area contributed by atoms with Gasteiger partial charge < -0.3 is 4.90 Å². The van der Waals surface area contributed by atoms with Crippen LogP contribution >= 0.6 is 11.6 Å². The van der Waals surface area contributed by atoms with Crippen LogP contribution in [0.25, 0.3) is 5.69 Å². The number of aromatic nitrogens is 4. The summed E-state index contributed by atoms with van der Waals surface area (Å²) in [7, 11) is 3.64. The Bertz CT molecular complexity index is 899. The molecule has 1 aromatic carbocycles. The number of hydrogen-bond donors (Lipinski definition) is 0. The molecule has 0 saturated heterocycles. The lowest BCUT2D eigenvalue weighted by atomic mass is 10.1. The van der Waals surface area contributed by atoms with E-state index in [1.165, 1.54) is 0 Å². The summed E-state index contributed by atoms with van der Waals surface area (Å²) in [6.07, 6.45) is 5.98. The third-order valence-electron chi connectivity index (χ3n) is 4.01. The van der Waals surface area contributed by atoms with Crippen molar-refractivity contribution in [2.45, 2.75) is 19.9 Å². The fourth-order valence-electron chi connectivity index (χ4n) is 2.83. The molecule has 3 rings (SSSR count). The molecule has 0 spiro atoms. The van der Waals surface area contributed by atoms with E-state index in [1.54, 1.807) is 33.7 Å². The van der Waals surface area contributed by atoms with E-state index >= 15 is 0 Å². The quantitative estimate of drug-likeness (QED) is 0.705. The predicted molar refractivity (Wildman–Crippen MR) is 97.0 cm³/mol. The summed E-state index contributed by atoms with van der Waals surface area (Å²) in [4.78, 5) is 14.5. The first-order valence-electron chi connectivity index (χ1n) is 8.05. The molecule has 0 atom stereocenters. The van der Waals surface area contributed by atoms with Crippen LogP contribution < -0.4 is 0 Å². The highest BCUT2D eigenvalue weighted by molar-refractivity contribution is 6.30. The van der Waals surface area contributed by atoms with Gasteiger partial charge in [-0.2, -0.15) is 10.2 Å². The largest absolute Gasteiger partial charge is 0.337 e. The number of amides is 1. The summed E-state index contributed by atoms with van der Waals surface area (Å²) in [5.41, 5.74) is 3.30. The SMILES string of the molecule is CCc1c(C(=O)N(C)Cc2cnn(C)c2)cnn1-c1cccc(Cl)c1. The molecule has 0 aliphatic carbocycles. The van der Waals surface area contributed by atoms with Crippen LogP contribution in [0.4, 0.5) is 0 Å². The Morgan fingerprint density at radius 3 is 2.72 bits per heavy atom. The van der Waals surface area contributed by atoms with Gasteiger partial charge in [0, 0.05) is 37.4 Å². The fourth-order valence-corrected chi connectivity index (χ4v) is 3.01. The minimum atomic E-state index is -0.0611. The maximum Gasteiger partial charge on any atom is 0.257 e. The number of hydrogen-bond acceptors (Lipinski definition) is 3. The fraction of sp³-hybridized carbons (Fsp3) is 0.278. The summed E-state index contributed by atoms with van der Waals surface area (Å²) in [5, 5.41) is 9.18. The molecule has 130 valence electrons. The van der Waals surface area contributed by atoms with Crippen LogP contribution in [0.2, 0.25) is 5.02 Å². The van der Waals surface area contributed by atoms with Crippen molar-refractivity contribution < 1.29 is 4.79 Å². The van der Waals surface area contributed by atoms with Gasteiger partial charge in [0.2, 0.25) is 0 Å². The Hall–Kier alpha value is -2.60. The number of rotatable bonds is 5. The summed E-state index contributed by atoms with van der Waals surface area (Å²) in [6.45, 7) is 2.51. The van der Waals surface area contributed by atoms with Gasteiger partial charge in [0.05, 0.1) is 29.3 Å². The zero-order valence-corrected chi connectivity index (χ0v) is 15.2. The highest BCUT2D eigenvalue weighted by Gasteiger charge is 2.20. The number of nitrogens with zero attached hydrogens (tertiary/aromatic N) is 5. The number of benzene rings is 1. The van der Waals surface area contributed by atoms with E-state index in [-0.39, 0.29) is 5.91 Å². The van der Waals surface area contributed by atoms with Crippen molar-refractivity contribution in [1.82, 2.24) is 24.5 Å². The Morgan fingerprint density at radius 1 is 1.28 bits per heavy atom. The van der Waals surface area contributed by atoms with Crippen molar-refractivity contribution in [3.8, 4) is 5.69 Å². The summed E-state index contributed by atoms with van der Waals surface area (Å²) in [5.74, 6) is -0.0611. The number of aryl methyl sites for hydroxylation is 1. The van der Waals surface area contributed by atoms with Gasteiger partial charge in [-0.15, -0.1) is 0 Å². The first-order chi connectivity index (χ1) is 12.0. The third-order valence-corrected chi connectivity index (χ3v) is 4.25. The Balaban J connectivity index is 1.88. The lowest BCUT2D eigenvalue weighted by Crippen LogP contribution is -2.26. The lowest BCUT2D eigenvalue weighted by Gasteiger charge is -2.16. The topological polar surface area (TPSA) is 56.0 Å². The average Bonchev–Trinajstić information content (AvgIpc) is 3.19. The number of carbonyl (C=O) groups is 1. The van der Waals surface area contributed by atoms with Gasteiger partial charge in [-0.3, -0.25) is 9.48 Å². The van der Waals surface area contributed by atoms with E-state index in [0.29, 0.717) is 23.6 Å². The molecule has 3 aromatic rings. The second-order valence-corrected chi connectivity index (χ2v) is 6.37. The van der Waals surface area contributed by atoms with Crippen LogP contribution in [0.15, 0.2) is 42.9 Å². The van der Waals surface area contributed by atoms with Crippen molar-refractivity contribution in [2.75, 3.05) is 7.05 Å². The van der Waals surface area contributed by atoms with Crippen LogP contribution in [0.3, 0.4) is 0 Å². The van der Waals surface area contributed by atoms with Gasteiger partial charge in [0.15, 0.2) is 0 Å². The van der Waals surface area contributed by atoms with E-state index in [2.05, 4.69) is 10.2 Å². The van der Waals surface area contributed by atoms with E-state index in [9.17, 15) is 4.79 Å². The highest BCUT2D eigenvalue weighted by atomic mass is 35.5. The number of carbonyl (C=O) groups excluding carboxylic acids is 1. The minimum absolute atomic E-state index is 0.0611. The Labute approximate surface area is 151 Å². The second-order valence-electron chi connectivity index (χ2n) is 5.93. The molecule has 0 aliphatic heterocycles. The zero-order chi connectivity index (χ0) is 18.0. The maximum absolute atomic E-state index is 12.9. The van der Waals surface area contributed by atoms with Gasteiger partial charge in [-0.1, -0.05) is 24.6 Å². The van der Waals surface area contributed by atoms with Gasteiger partial charge in [0.1, 0.15) is 0 Å². The molecule has 0 N–H and O–H groups in total. The molecular weight excluding hydrogens is 338 g/mol. The van der Waals surface area contributed by atoms with Crippen LogP contribution in [-0.4, -0.2) is 37.4 Å². The van der Waals surface area contributed by atoms with Crippen LogP contribution in [0, 0.1) is 0 Å². The molecule has 2 heterocycles. The number of halogens is 1. The summed E-state index contributed by atoms with van der Waals surface area (Å²) in [6, 6.07) is 7.44. The molecule has 0 radical (unpaired) electrons. The van der Waals surface area contributed by atoms with Crippen LogP contribution in [0.5, 0.6) is 0 Å². The molecule has 1 amide bonds. The summed E-state index contributed by atoms with van der Waals surface area (Å²) >= 11 is 6.08. The van der Waals surface area contributed by atoms with Crippen molar-refractivity contribution in [3.05, 3.63) is 64.7 Å². The van der Waals surface area contributed by atoms with Crippen molar-refractivity contribution in [1.29, 1.82) is 0 Å². The smallest absolute Gasteiger partial charge is 0.257 e. The molecule has 0 aliphatic rings. The second kappa shape index (κ2) is 7.11. The van der Waals surface area contributed by atoms with Gasteiger partial charge in [-0.25, -0.2) is 4.68 Å². The normalized spacial score (nSPS) is 10.9. The van der Waals surface area contributed by atoms with E-state index in [1.807, 2.05) is 44.4 Å². The first kappa shape index (κ1) is 17.2. The molecule has 2 aromatic heterocycles. The minimum Gasteiger partial charge on any atom is -0.337 e. The molecule has 0 saturated carbocycles. The van der Waals surface area contributed by atoms with E-state index < -0.39 is 0 Å². The molecule has 6 nitrogen and oxygen atoms in total. The average molecular weight is 358 g/mol.